The number of sulfone groups is 1. The van der Waals surface area contributed by atoms with Gasteiger partial charge in [-0.1, -0.05) is 42.7 Å². The van der Waals surface area contributed by atoms with E-state index in [0.29, 0.717) is 4.90 Å². The molecule has 0 heterocycles. The molecule has 2 nitrogen and oxygen atoms in total. The first-order valence-corrected chi connectivity index (χ1v) is 8.86. The molecular formula is C17H24O2S. The molecule has 1 aliphatic carbocycles. The first-order valence-electron chi connectivity index (χ1n) is 7.21. The van der Waals surface area contributed by atoms with Crippen LogP contribution in [0.2, 0.25) is 0 Å². The predicted molar refractivity (Wildman–Crippen MR) is 83.6 cm³/mol. The Morgan fingerprint density at radius 3 is 2.25 bits per heavy atom. The first kappa shape index (κ1) is 15.3. The van der Waals surface area contributed by atoms with Crippen molar-refractivity contribution >= 4 is 9.84 Å². The lowest BCUT2D eigenvalue weighted by molar-refractivity contribution is 0.367. The molecule has 0 radical (unpaired) electrons. The molecule has 2 rings (SSSR count). The Morgan fingerprint density at radius 1 is 1.10 bits per heavy atom. The highest BCUT2D eigenvalue weighted by Crippen LogP contribution is 2.41. The average Bonchev–Trinajstić information content (AvgIpc) is 2.34. The Morgan fingerprint density at radius 2 is 1.70 bits per heavy atom. The third kappa shape index (κ3) is 3.14. The Kier molecular flexibility index (Phi) is 4.10. The van der Waals surface area contributed by atoms with Gasteiger partial charge in [0.15, 0.2) is 9.84 Å². The summed E-state index contributed by atoms with van der Waals surface area (Å²) in [6.45, 7) is 8.37. The molecule has 0 atom stereocenters. The summed E-state index contributed by atoms with van der Waals surface area (Å²) in [5.41, 5.74) is 3.46. The van der Waals surface area contributed by atoms with Crippen LogP contribution in [0.25, 0.3) is 0 Å². The second-order valence-corrected chi connectivity index (χ2v) is 8.56. The van der Waals surface area contributed by atoms with E-state index in [1.807, 2.05) is 19.1 Å². The van der Waals surface area contributed by atoms with Gasteiger partial charge in [0.2, 0.25) is 0 Å². The van der Waals surface area contributed by atoms with E-state index in [9.17, 15) is 8.42 Å². The number of rotatable bonds is 3. The number of hydrogen-bond donors (Lipinski definition) is 0. The summed E-state index contributed by atoms with van der Waals surface area (Å²) in [5.74, 6) is 0.162. The van der Waals surface area contributed by atoms with E-state index in [-0.39, 0.29) is 11.2 Å². The first-order chi connectivity index (χ1) is 9.22. The number of hydrogen-bond acceptors (Lipinski definition) is 2. The van der Waals surface area contributed by atoms with Crippen LogP contribution in [-0.2, 0) is 9.84 Å². The summed E-state index contributed by atoms with van der Waals surface area (Å²) in [7, 11) is -3.24. The van der Waals surface area contributed by atoms with Crippen LogP contribution in [0.4, 0.5) is 0 Å². The maximum absolute atomic E-state index is 12.6. The Bertz CT molecular complexity index is 619. The minimum atomic E-state index is -3.24. The molecule has 0 aliphatic heterocycles. The number of allylic oxidation sites excluding steroid dienone is 1. The van der Waals surface area contributed by atoms with Gasteiger partial charge in [-0.2, -0.15) is 0 Å². The molecule has 1 aromatic rings. The maximum Gasteiger partial charge on any atom is 0.182 e. The van der Waals surface area contributed by atoms with E-state index in [2.05, 4.69) is 20.8 Å². The quantitative estimate of drug-likeness (QED) is 0.779. The van der Waals surface area contributed by atoms with Gasteiger partial charge in [-0.25, -0.2) is 8.42 Å². The fourth-order valence-electron chi connectivity index (χ4n) is 3.01. The van der Waals surface area contributed by atoms with Crippen molar-refractivity contribution in [2.45, 2.75) is 51.9 Å². The molecule has 0 amide bonds. The van der Waals surface area contributed by atoms with Gasteiger partial charge in [0.1, 0.15) is 0 Å². The molecule has 1 aromatic carbocycles. The molecule has 110 valence electrons. The molecule has 1 aliphatic rings. The highest BCUT2D eigenvalue weighted by atomic mass is 32.2. The Balaban J connectivity index is 2.35. The molecule has 0 aromatic heterocycles. The average molecular weight is 292 g/mol. The van der Waals surface area contributed by atoms with E-state index in [4.69, 9.17) is 0 Å². The fraction of sp³-hybridized carbons (Fsp3) is 0.529. The fourth-order valence-corrected chi connectivity index (χ4v) is 4.75. The Labute approximate surface area is 122 Å². The summed E-state index contributed by atoms with van der Waals surface area (Å²) < 4.78 is 25.2. The zero-order valence-electron chi connectivity index (χ0n) is 12.9. The summed E-state index contributed by atoms with van der Waals surface area (Å²) in [6.07, 6.45) is 3.26. The van der Waals surface area contributed by atoms with Crippen molar-refractivity contribution in [3.63, 3.8) is 0 Å². The third-order valence-corrected chi connectivity index (χ3v) is 6.06. The predicted octanol–water partition coefficient (Wildman–Crippen LogP) is 4.30. The Hall–Kier alpha value is -1.09. The van der Waals surface area contributed by atoms with E-state index < -0.39 is 9.84 Å². The van der Waals surface area contributed by atoms with Gasteiger partial charge in [0.25, 0.3) is 0 Å². The topological polar surface area (TPSA) is 34.1 Å². The molecule has 0 saturated carbocycles. The molecule has 0 saturated heterocycles. The molecule has 0 spiro atoms. The van der Waals surface area contributed by atoms with E-state index in [1.165, 1.54) is 5.57 Å². The van der Waals surface area contributed by atoms with Gasteiger partial charge in [0, 0.05) is 0 Å². The second kappa shape index (κ2) is 5.36. The summed E-state index contributed by atoms with van der Waals surface area (Å²) in [4.78, 5) is 0.435. The van der Waals surface area contributed by atoms with Crippen LogP contribution in [0.3, 0.4) is 0 Å². The number of benzene rings is 1. The normalized spacial score (nSPS) is 19.2. The third-order valence-electron chi connectivity index (χ3n) is 4.40. The van der Waals surface area contributed by atoms with Crippen LogP contribution >= 0.6 is 0 Å². The summed E-state index contributed by atoms with van der Waals surface area (Å²) in [5, 5.41) is 0. The lowest BCUT2D eigenvalue weighted by Gasteiger charge is -2.34. The van der Waals surface area contributed by atoms with Gasteiger partial charge in [-0.3, -0.25) is 0 Å². The zero-order chi connectivity index (χ0) is 15.0. The van der Waals surface area contributed by atoms with Crippen LogP contribution in [0.1, 0.15) is 45.6 Å². The van der Waals surface area contributed by atoms with Gasteiger partial charge in [-0.05, 0) is 50.7 Å². The minimum Gasteiger partial charge on any atom is -0.223 e. The lowest BCUT2D eigenvalue weighted by atomic mass is 9.73. The van der Waals surface area contributed by atoms with Crippen LogP contribution in [-0.4, -0.2) is 14.2 Å². The van der Waals surface area contributed by atoms with Crippen LogP contribution in [0.5, 0.6) is 0 Å². The summed E-state index contributed by atoms with van der Waals surface area (Å²) >= 11 is 0. The molecule has 20 heavy (non-hydrogen) atoms. The number of aryl methyl sites for hydroxylation is 1. The molecule has 3 heteroatoms. The van der Waals surface area contributed by atoms with Crippen molar-refractivity contribution in [1.29, 1.82) is 0 Å². The smallest absolute Gasteiger partial charge is 0.182 e. The van der Waals surface area contributed by atoms with Crippen molar-refractivity contribution in [2.75, 3.05) is 5.75 Å². The molecule has 0 unspecified atom stereocenters. The molecular weight excluding hydrogens is 268 g/mol. The van der Waals surface area contributed by atoms with Crippen molar-refractivity contribution < 1.29 is 8.42 Å². The van der Waals surface area contributed by atoms with Crippen LogP contribution < -0.4 is 0 Å². The SMILES string of the molecule is CC1=C(CS(=O)(=O)c2ccc(C)cc2)C(C)(C)CCC1. The molecule has 0 N–H and O–H groups in total. The van der Waals surface area contributed by atoms with Gasteiger partial charge in [0.05, 0.1) is 10.6 Å². The van der Waals surface area contributed by atoms with Gasteiger partial charge >= 0.3 is 0 Å². The van der Waals surface area contributed by atoms with Crippen molar-refractivity contribution in [3.05, 3.63) is 41.0 Å². The summed E-state index contributed by atoms with van der Waals surface area (Å²) in [6, 6.07) is 7.16. The molecule has 0 bridgehead atoms. The van der Waals surface area contributed by atoms with Crippen molar-refractivity contribution in [1.82, 2.24) is 0 Å². The minimum absolute atomic E-state index is 0.0000996. The van der Waals surface area contributed by atoms with E-state index in [0.717, 1.165) is 30.4 Å². The monoisotopic (exact) mass is 292 g/mol. The highest BCUT2D eigenvalue weighted by Gasteiger charge is 2.31. The zero-order valence-corrected chi connectivity index (χ0v) is 13.7. The largest absolute Gasteiger partial charge is 0.223 e. The van der Waals surface area contributed by atoms with E-state index in [1.54, 1.807) is 12.1 Å². The maximum atomic E-state index is 12.6. The second-order valence-electron chi connectivity index (χ2n) is 6.57. The van der Waals surface area contributed by atoms with Crippen molar-refractivity contribution in [3.8, 4) is 0 Å². The standard InChI is InChI=1S/C17H24O2S/c1-13-7-9-15(10-8-13)20(18,19)12-16-14(2)6-5-11-17(16,3)4/h7-10H,5-6,11-12H2,1-4H3. The van der Waals surface area contributed by atoms with Gasteiger partial charge in [-0.15, -0.1) is 0 Å². The van der Waals surface area contributed by atoms with Crippen molar-refractivity contribution in [2.24, 2.45) is 5.41 Å². The molecule has 0 fully saturated rings. The van der Waals surface area contributed by atoms with E-state index >= 15 is 0 Å². The van der Waals surface area contributed by atoms with Crippen LogP contribution in [0, 0.1) is 12.3 Å². The lowest BCUT2D eigenvalue weighted by Crippen LogP contribution is -2.26. The van der Waals surface area contributed by atoms with Gasteiger partial charge < -0.3 is 0 Å². The van der Waals surface area contributed by atoms with Crippen LogP contribution in [0.15, 0.2) is 40.3 Å². The highest BCUT2D eigenvalue weighted by molar-refractivity contribution is 7.91.